The monoisotopic (exact) mass is 262 g/mol. The maximum absolute atomic E-state index is 11.9. The van der Waals surface area contributed by atoms with Crippen molar-refractivity contribution < 1.29 is 4.79 Å². The van der Waals surface area contributed by atoms with Crippen molar-refractivity contribution in [3.63, 3.8) is 0 Å². The van der Waals surface area contributed by atoms with E-state index in [2.05, 4.69) is 20.6 Å². The molecule has 2 aromatic heterocycles. The maximum atomic E-state index is 11.9. The zero-order chi connectivity index (χ0) is 13.0. The zero-order valence-corrected chi connectivity index (χ0v) is 11.0. The molecule has 2 heterocycles. The molecule has 0 aromatic carbocycles. The van der Waals surface area contributed by atoms with Crippen LogP contribution >= 0.6 is 11.3 Å². The quantitative estimate of drug-likeness (QED) is 0.882. The Morgan fingerprint density at radius 2 is 2.28 bits per heavy atom. The second-order valence-corrected chi connectivity index (χ2v) is 5.05. The summed E-state index contributed by atoms with van der Waals surface area (Å²) in [6.45, 7) is 2.42. The van der Waals surface area contributed by atoms with E-state index in [4.69, 9.17) is 0 Å². The number of aryl methyl sites for hydroxylation is 1. The first-order chi connectivity index (χ1) is 8.69. The van der Waals surface area contributed by atoms with Crippen LogP contribution in [0.3, 0.4) is 0 Å². The highest BCUT2D eigenvalue weighted by molar-refractivity contribution is 7.11. The van der Waals surface area contributed by atoms with Crippen molar-refractivity contribution in [2.75, 3.05) is 12.4 Å². The summed E-state index contributed by atoms with van der Waals surface area (Å²) in [5, 5.41) is 6.66. The lowest BCUT2D eigenvalue weighted by molar-refractivity contribution is 0.0946. The van der Waals surface area contributed by atoms with E-state index in [1.165, 1.54) is 0 Å². The highest BCUT2D eigenvalue weighted by Crippen LogP contribution is 2.11. The van der Waals surface area contributed by atoms with Crippen LogP contribution in [-0.4, -0.2) is 22.9 Å². The fourth-order valence-electron chi connectivity index (χ4n) is 1.44. The number of aromatic nitrogens is 2. The third-order valence-corrected chi connectivity index (χ3v) is 3.26. The fourth-order valence-corrected chi connectivity index (χ4v) is 2.17. The molecule has 0 radical (unpaired) electrons. The van der Waals surface area contributed by atoms with Gasteiger partial charge in [0.15, 0.2) is 0 Å². The lowest BCUT2D eigenvalue weighted by Crippen LogP contribution is -2.23. The molecule has 2 rings (SSSR count). The number of rotatable bonds is 4. The highest BCUT2D eigenvalue weighted by atomic mass is 32.1. The molecule has 0 spiro atoms. The molecule has 0 aliphatic rings. The van der Waals surface area contributed by atoms with E-state index in [9.17, 15) is 4.79 Å². The van der Waals surface area contributed by atoms with Gasteiger partial charge in [-0.05, 0) is 19.1 Å². The number of nitrogens with one attached hydrogen (secondary N) is 2. The van der Waals surface area contributed by atoms with E-state index in [-0.39, 0.29) is 5.91 Å². The molecule has 1 amide bonds. The zero-order valence-electron chi connectivity index (χ0n) is 10.2. The van der Waals surface area contributed by atoms with Crippen LogP contribution in [0.1, 0.15) is 20.4 Å². The molecule has 6 heteroatoms. The molecule has 0 aliphatic heterocycles. The van der Waals surface area contributed by atoms with E-state index in [0.29, 0.717) is 12.2 Å². The molecular weight excluding hydrogens is 248 g/mol. The van der Waals surface area contributed by atoms with Gasteiger partial charge in [-0.1, -0.05) is 0 Å². The van der Waals surface area contributed by atoms with E-state index < -0.39 is 0 Å². The van der Waals surface area contributed by atoms with Gasteiger partial charge in [-0.25, -0.2) is 4.98 Å². The Kier molecular flexibility index (Phi) is 3.88. The summed E-state index contributed by atoms with van der Waals surface area (Å²) in [5.74, 6) is -0.194. The van der Waals surface area contributed by atoms with Gasteiger partial charge in [-0.15, -0.1) is 11.3 Å². The molecular formula is C12H14N4OS. The summed E-state index contributed by atoms with van der Waals surface area (Å²) >= 11 is 1.57. The van der Waals surface area contributed by atoms with Crippen LogP contribution in [0.4, 0.5) is 5.69 Å². The first-order valence-electron chi connectivity index (χ1n) is 5.52. The molecule has 2 N–H and O–H groups in total. The molecule has 0 saturated carbocycles. The van der Waals surface area contributed by atoms with Crippen LogP contribution < -0.4 is 10.6 Å². The van der Waals surface area contributed by atoms with E-state index in [1.54, 1.807) is 42.9 Å². The number of hydrogen-bond acceptors (Lipinski definition) is 5. The van der Waals surface area contributed by atoms with Crippen molar-refractivity contribution in [2.24, 2.45) is 0 Å². The topological polar surface area (TPSA) is 66.9 Å². The van der Waals surface area contributed by atoms with Crippen molar-refractivity contribution in [1.82, 2.24) is 15.3 Å². The first-order valence-corrected chi connectivity index (χ1v) is 6.34. The molecule has 0 atom stereocenters. The molecule has 0 saturated heterocycles. The Balaban J connectivity index is 1.99. The Bertz CT molecular complexity index is 553. The summed E-state index contributed by atoms with van der Waals surface area (Å²) < 4.78 is 0. The average molecular weight is 262 g/mol. The summed E-state index contributed by atoms with van der Waals surface area (Å²) in [7, 11) is 1.80. The lowest BCUT2D eigenvalue weighted by atomic mass is 10.3. The summed E-state index contributed by atoms with van der Waals surface area (Å²) in [4.78, 5) is 21.2. The molecule has 0 bridgehead atoms. The van der Waals surface area contributed by atoms with Crippen LogP contribution in [0.15, 0.2) is 24.5 Å². The van der Waals surface area contributed by atoms with E-state index in [1.807, 2.05) is 6.92 Å². The Labute approximate surface area is 109 Å². The van der Waals surface area contributed by atoms with Crippen LogP contribution in [0.25, 0.3) is 0 Å². The minimum atomic E-state index is -0.194. The average Bonchev–Trinajstić information content (AvgIpc) is 2.82. The summed E-state index contributed by atoms with van der Waals surface area (Å²) in [6.07, 6.45) is 3.40. The van der Waals surface area contributed by atoms with Crippen molar-refractivity contribution in [1.29, 1.82) is 0 Å². The highest BCUT2D eigenvalue weighted by Gasteiger charge is 2.08. The van der Waals surface area contributed by atoms with Gasteiger partial charge in [0.05, 0.1) is 6.54 Å². The molecule has 0 aliphatic carbocycles. The van der Waals surface area contributed by atoms with Crippen LogP contribution in [0.5, 0.6) is 0 Å². The fraction of sp³-hybridized carbons (Fsp3) is 0.250. The number of thiazole rings is 1. The van der Waals surface area contributed by atoms with E-state index in [0.717, 1.165) is 15.6 Å². The van der Waals surface area contributed by atoms with Gasteiger partial charge in [0.1, 0.15) is 10.7 Å². The molecule has 2 aromatic rings. The third kappa shape index (κ3) is 3.04. The molecule has 18 heavy (non-hydrogen) atoms. The van der Waals surface area contributed by atoms with Gasteiger partial charge in [-0.2, -0.15) is 0 Å². The van der Waals surface area contributed by atoms with Crippen LogP contribution in [-0.2, 0) is 6.54 Å². The number of carbonyl (C=O) groups excluding carboxylic acids is 1. The van der Waals surface area contributed by atoms with Gasteiger partial charge in [-0.3, -0.25) is 9.78 Å². The Hall–Kier alpha value is -1.95. The Morgan fingerprint density at radius 1 is 1.44 bits per heavy atom. The van der Waals surface area contributed by atoms with Gasteiger partial charge in [0.2, 0.25) is 0 Å². The third-order valence-electron chi connectivity index (χ3n) is 2.35. The number of amides is 1. The number of hydrogen-bond donors (Lipinski definition) is 2. The maximum Gasteiger partial charge on any atom is 0.270 e. The van der Waals surface area contributed by atoms with Gasteiger partial charge < -0.3 is 10.6 Å². The number of carbonyl (C=O) groups is 1. The standard InChI is InChI=1S/C12H14N4OS/c1-8-6-15-11(18-8)7-16-12(17)10-5-9(13-2)3-4-14-10/h3-6H,7H2,1-2H3,(H,13,14)(H,16,17). The summed E-state index contributed by atoms with van der Waals surface area (Å²) in [5.41, 5.74) is 1.26. The molecule has 94 valence electrons. The minimum absolute atomic E-state index is 0.194. The van der Waals surface area contributed by atoms with Gasteiger partial charge in [0.25, 0.3) is 5.91 Å². The Morgan fingerprint density at radius 3 is 2.94 bits per heavy atom. The second kappa shape index (κ2) is 5.59. The SMILES string of the molecule is CNc1ccnc(C(=O)NCc2ncc(C)s2)c1. The van der Waals surface area contributed by atoms with Crippen LogP contribution in [0, 0.1) is 6.92 Å². The van der Waals surface area contributed by atoms with Gasteiger partial charge >= 0.3 is 0 Å². The lowest BCUT2D eigenvalue weighted by Gasteiger charge is -2.04. The predicted octanol–water partition coefficient (Wildman–Crippen LogP) is 1.82. The number of anilines is 1. The largest absolute Gasteiger partial charge is 0.388 e. The van der Waals surface area contributed by atoms with Crippen molar-refractivity contribution in [3.8, 4) is 0 Å². The second-order valence-electron chi connectivity index (χ2n) is 3.73. The number of nitrogens with zero attached hydrogens (tertiary/aromatic N) is 2. The van der Waals surface area contributed by atoms with Crippen molar-refractivity contribution >= 4 is 22.9 Å². The first kappa shape index (κ1) is 12.5. The number of pyridine rings is 1. The predicted molar refractivity (Wildman–Crippen MR) is 71.8 cm³/mol. The van der Waals surface area contributed by atoms with Gasteiger partial charge in [0, 0.05) is 30.0 Å². The molecule has 5 nitrogen and oxygen atoms in total. The van der Waals surface area contributed by atoms with Crippen molar-refractivity contribution in [2.45, 2.75) is 13.5 Å². The smallest absolute Gasteiger partial charge is 0.270 e. The normalized spacial score (nSPS) is 10.1. The molecule has 0 unspecified atom stereocenters. The molecule has 0 fully saturated rings. The van der Waals surface area contributed by atoms with Crippen LogP contribution in [0.2, 0.25) is 0 Å². The van der Waals surface area contributed by atoms with Crippen molar-refractivity contribution in [3.05, 3.63) is 40.1 Å². The van der Waals surface area contributed by atoms with E-state index >= 15 is 0 Å². The summed E-state index contributed by atoms with van der Waals surface area (Å²) in [6, 6.07) is 3.52. The minimum Gasteiger partial charge on any atom is -0.388 e.